The summed E-state index contributed by atoms with van der Waals surface area (Å²) in [6, 6.07) is 16.2. The molecule has 1 amide bonds. The van der Waals surface area contributed by atoms with Gasteiger partial charge in [-0.1, -0.05) is 41.2 Å². The fourth-order valence-corrected chi connectivity index (χ4v) is 4.87. The van der Waals surface area contributed by atoms with Crippen LogP contribution in [0.2, 0.25) is 0 Å². The maximum absolute atomic E-state index is 13.5. The van der Waals surface area contributed by atoms with Crippen LogP contribution < -0.4 is 4.90 Å². The van der Waals surface area contributed by atoms with Gasteiger partial charge in [-0.3, -0.25) is 14.7 Å². The third kappa shape index (κ3) is 4.26. The van der Waals surface area contributed by atoms with Gasteiger partial charge in [0.15, 0.2) is 5.13 Å². The first-order valence-corrected chi connectivity index (χ1v) is 10.9. The van der Waals surface area contributed by atoms with Gasteiger partial charge in [0.1, 0.15) is 0 Å². The highest BCUT2D eigenvalue weighted by Crippen LogP contribution is 2.31. The van der Waals surface area contributed by atoms with E-state index < -0.39 is 0 Å². The molecule has 0 fully saturated rings. The average molecular weight is 416 g/mol. The lowest BCUT2D eigenvalue weighted by molar-refractivity contribution is -0.118. The van der Waals surface area contributed by atoms with Crippen LogP contribution in [0, 0.1) is 27.7 Å². The van der Waals surface area contributed by atoms with E-state index in [1.807, 2.05) is 24.3 Å². The number of pyridine rings is 1. The first-order chi connectivity index (χ1) is 14.4. The fraction of sp³-hybridized carbons (Fsp3) is 0.240. The van der Waals surface area contributed by atoms with Crippen LogP contribution in [-0.4, -0.2) is 15.9 Å². The number of anilines is 1. The first-order valence-electron chi connectivity index (χ1n) is 10.0. The number of benzene rings is 2. The molecule has 0 N–H and O–H groups in total. The van der Waals surface area contributed by atoms with E-state index >= 15 is 0 Å². The molecule has 0 aliphatic heterocycles. The number of aryl methyl sites for hydroxylation is 4. The number of carbonyl (C=O) groups is 1. The predicted octanol–water partition coefficient (Wildman–Crippen LogP) is 5.70. The molecular formula is C25H25N3OS. The van der Waals surface area contributed by atoms with Crippen LogP contribution in [-0.2, 0) is 17.8 Å². The average Bonchev–Trinajstić information content (AvgIpc) is 3.12. The second-order valence-electron chi connectivity index (χ2n) is 7.82. The molecule has 0 unspecified atom stereocenters. The lowest BCUT2D eigenvalue weighted by Crippen LogP contribution is -2.32. The molecule has 0 bridgehead atoms. The zero-order valence-corrected chi connectivity index (χ0v) is 18.6. The van der Waals surface area contributed by atoms with Crippen LogP contribution in [0.1, 0.15) is 33.5 Å². The lowest BCUT2D eigenvalue weighted by Gasteiger charge is -2.21. The molecule has 2 heterocycles. The van der Waals surface area contributed by atoms with Gasteiger partial charge in [-0.05, 0) is 74.2 Å². The molecule has 152 valence electrons. The Hall–Kier alpha value is -3.05. The predicted molar refractivity (Wildman–Crippen MR) is 124 cm³/mol. The Morgan fingerprint density at radius 2 is 1.73 bits per heavy atom. The smallest absolute Gasteiger partial charge is 0.233 e. The summed E-state index contributed by atoms with van der Waals surface area (Å²) in [5.41, 5.74) is 7.56. The highest BCUT2D eigenvalue weighted by atomic mass is 32.1. The van der Waals surface area contributed by atoms with Crippen molar-refractivity contribution in [1.82, 2.24) is 9.97 Å². The Kier molecular flexibility index (Phi) is 5.64. The largest absolute Gasteiger partial charge is 0.282 e. The van der Waals surface area contributed by atoms with Crippen molar-refractivity contribution in [2.75, 3.05) is 4.90 Å². The van der Waals surface area contributed by atoms with Gasteiger partial charge in [-0.2, -0.15) is 0 Å². The normalized spacial score (nSPS) is 11.1. The van der Waals surface area contributed by atoms with Crippen LogP contribution in [0.25, 0.3) is 10.2 Å². The molecule has 0 saturated carbocycles. The van der Waals surface area contributed by atoms with Crippen molar-refractivity contribution in [2.24, 2.45) is 0 Å². The molecule has 30 heavy (non-hydrogen) atoms. The van der Waals surface area contributed by atoms with Crippen molar-refractivity contribution in [3.05, 3.63) is 88.2 Å². The fourth-order valence-electron chi connectivity index (χ4n) is 3.79. The van der Waals surface area contributed by atoms with E-state index in [-0.39, 0.29) is 5.91 Å². The van der Waals surface area contributed by atoms with Crippen molar-refractivity contribution >= 4 is 32.6 Å². The number of fused-ring (bicyclic) bond motifs is 1. The Morgan fingerprint density at radius 1 is 0.967 bits per heavy atom. The summed E-state index contributed by atoms with van der Waals surface area (Å²) >= 11 is 1.55. The van der Waals surface area contributed by atoms with Gasteiger partial charge in [0.05, 0.1) is 28.9 Å². The van der Waals surface area contributed by atoms with Crippen molar-refractivity contribution in [2.45, 2.75) is 40.7 Å². The molecule has 2 aromatic heterocycles. The van der Waals surface area contributed by atoms with Gasteiger partial charge in [-0.25, -0.2) is 4.98 Å². The van der Waals surface area contributed by atoms with E-state index in [2.05, 4.69) is 56.9 Å². The number of rotatable bonds is 5. The van der Waals surface area contributed by atoms with Gasteiger partial charge in [0.2, 0.25) is 5.91 Å². The van der Waals surface area contributed by atoms with Crippen molar-refractivity contribution in [3.63, 3.8) is 0 Å². The molecule has 2 aromatic carbocycles. The molecule has 5 heteroatoms. The molecule has 0 aliphatic rings. The number of carbonyl (C=O) groups excluding carboxylic acids is 1. The van der Waals surface area contributed by atoms with Gasteiger partial charge < -0.3 is 0 Å². The van der Waals surface area contributed by atoms with Gasteiger partial charge in [0.25, 0.3) is 0 Å². The first kappa shape index (κ1) is 20.2. The minimum atomic E-state index is 0.0338. The maximum atomic E-state index is 13.5. The molecule has 4 rings (SSSR count). The maximum Gasteiger partial charge on any atom is 0.233 e. The van der Waals surface area contributed by atoms with E-state index in [1.165, 1.54) is 11.1 Å². The summed E-state index contributed by atoms with van der Waals surface area (Å²) in [4.78, 5) is 24.5. The van der Waals surface area contributed by atoms with E-state index in [1.54, 1.807) is 22.4 Å². The third-order valence-electron chi connectivity index (χ3n) is 5.28. The number of amides is 1. The van der Waals surface area contributed by atoms with Crippen molar-refractivity contribution < 1.29 is 4.79 Å². The van der Waals surface area contributed by atoms with E-state index in [9.17, 15) is 4.79 Å². The Balaban J connectivity index is 1.71. The molecule has 0 aliphatic carbocycles. The molecular weight excluding hydrogens is 390 g/mol. The summed E-state index contributed by atoms with van der Waals surface area (Å²) in [6.45, 7) is 8.71. The second-order valence-corrected chi connectivity index (χ2v) is 8.83. The second kappa shape index (κ2) is 8.36. The minimum absolute atomic E-state index is 0.0338. The monoisotopic (exact) mass is 415 g/mol. The Bertz CT molecular complexity index is 1190. The zero-order chi connectivity index (χ0) is 21.3. The van der Waals surface area contributed by atoms with Gasteiger partial charge in [-0.15, -0.1) is 0 Å². The highest BCUT2D eigenvalue weighted by Gasteiger charge is 2.22. The Labute approximate surface area is 181 Å². The molecule has 4 aromatic rings. The van der Waals surface area contributed by atoms with Crippen LogP contribution in [0.5, 0.6) is 0 Å². The van der Waals surface area contributed by atoms with Crippen molar-refractivity contribution in [1.29, 1.82) is 0 Å². The van der Waals surface area contributed by atoms with E-state index in [0.29, 0.717) is 18.1 Å². The molecule has 0 saturated heterocycles. The SMILES string of the molecule is Cc1cc(C)c(CC(=O)N(Cc2ccccn2)c2nc3ccc(C)cc3s2)c(C)c1. The molecule has 0 spiro atoms. The highest BCUT2D eigenvalue weighted by molar-refractivity contribution is 7.22. The number of hydrogen-bond acceptors (Lipinski definition) is 4. The molecule has 4 nitrogen and oxygen atoms in total. The van der Waals surface area contributed by atoms with Gasteiger partial charge >= 0.3 is 0 Å². The van der Waals surface area contributed by atoms with Crippen LogP contribution in [0.4, 0.5) is 5.13 Å². The summed E-state index contributed by atoms with van der Waals surface area (Å²) in [6.07, 6.45) is 2.10. The molecule has 0 atom stereocenters. The van der Waals surface area contributed by atoms with Crippen molar-refractivity contribution in [3.8, 4) is 0 Å². The van der Waals surface area contributed by atoms with Crippen LogP contribution in [0.15, 0.2) is 54.7 Å². The van der Waals surface area contributed by atoms with Crippen LogP contribution in [0.3, 0.4) is 0 Å². The van der Waals surface area contributed by atoms with Crippen LogP contribution >= 0.6 is 11.3 Å². The lowest BCUT2D eigenvalue weighted by atomic mass is 9.97. The number of aromatic nitrogens is 2. The summed E-state index contributed by atoms with van der Waals surface area (Å²) < 4.78 is 1.09. The quantitative estimate of drug-likeness (QED) is 0.420. The Morgan fingerprint density at radius 3 is 2.43 bits per heavy atom. The topological polar surface area (TPSA) is 46.1 Å². The summed E-state index contributed by atoms with van der Waals surface area (Å²) in [5, 5.41) is 0.716. The standard InChI is InChI=1S/C25H25N3OS/c1-16-8-9-22-23(13-16)30-25(27-22)28(15-20-7-5-6-10-26-20)24(29)14-21-18(3)11-17(2)12-19(21)4/h5-13H,14-15H2,1-4H3. The summed E-state index contributed by atoms with van der Waals surface area (Å²) in [5.74, 6) is 0.0338. The van der Waals surface area contributed by atoms with E-state index in [4.69, 9.17) is 4.98 Å². The van der Waals surface area contributed by atoms with Gasteiger partial charge in [0, 0.05) is 6.20 Å². The third-order valence-corrected chi connectivity index (χ3v) is 6.32. The minimum Gasteiger partial charge on any atom is -0.282 e. The van der Waals surface area contributed by atoms with E-state index in [0.717, 1.165) is 32.6 Å². The number of hydrogen-bond donors (Lipinski definition) is 0. The zero-order valence-electron chi connectivity index (χ0n) is 17.8. The number of thiazole rings is 1. The molecule has 0 radical (unpaired) electrons. The summed E-state index contributed by atoms with van der Waals surface area (Å²) in [7, 11) is 0. The number of nitrogens with zero attached hydrogens (tertiary/aromatic N) is 3.